The third-order valence-electron chi connectivity index (χ3n) is 4.02. The molecule has 0 saturated carbocycles. The van der Waals surface area contributed by atoms with Crippen molar-refractivity contribution in [2.24, 2.45) is 7.05 Å². The van der Waals surface area contributed by atoms with Crippen molar-refractivity contribution in [2.45, 2.75) is 20.5 Å². The number of ether oxygens (including phenoxy) is 1. The first-order valence-electron chi connectivity index (χ1n) is 8.04. The fraction of sp³-hybridized carbons (Fsp3) is 0.211. The molecular formula is C19H19ClN4O2. The largest absolute Gasteiger partial charge is 0.487 e. The number of benzene rings is 2. The van der Waals surface area contributed by atoms with Crippen molar-refractivity contribution in [3.8, 4) is 11.4 Å². The maximum atomic E-state index is 12.3. The lowest BCUT2D eigenvalue weighted by Crippen LogP contribution is -2.23. The molecule has 0 radical (unpaired) electrons. The zero-order valence-corrected chi connectivity index (χ0v) is 15.6. The Labute approximate surface area is 156 Å². The molecule has 0 N–H and O–H groups in total. The summed E-state index contributed by atoms with van der Waals surface area (Å²) in [6, 6.07) is 11.2. The smallest absolute Gasteiger partial charge is 0.368 e. The predicted molar refractivity (Wildman–Crippen MR) is 102 cm³/mol. The van der Waals surface area contributed by atoms with E-state index in [1.165, 1.54) is 9.36 Å². The highest BCUT2D eigenvalue weighted by Crippen LogP contribution is 2.29. The lowest BCUT2D eigenvalue weighted by molar-refractivity contribution is 0.305. The Bertz CT molecular complexity index is 1040. The van der Waals surface area contributed by atoms with Crippen molar-refractivity contribution >= 4 is 17.2 Å². The minimum absolute atomic E-state index is 0.213. The molecule has 26 heavy (non-hydrogen) atoms. The van der Waals surface area contributed by atoms with Gasteiger partial charge in [0.05, 0.1) is 10.7 Å². The van der Waals surface area contributed by atoms with Crippen molar-refractivity contribution in [3.63, 3.8) is 0 Å². The van der Waals surface area contributed by atoms with Gasteiger partial charge in [0.15, 0.2) is 0 Å². The van der Waals surface area contributed by atoms with E-state index in [0.717, 1.165) is 22.3 Å². The predicted octanol–water partition coefficient (Wildman–Crippen LogP) is 3.54. The molecule has 0 aliphatic carbocycles. The van der Waals surface area contributed by atoms with E-state index in [1.54, 1.807) is 19.2 Å². The Morgan fingerprint density at radius 2 is 2.04 bits per heavy atom. The molecule has 0 saturated heterocycles. The second-order valence-corrected chi connectivity index (χ2v) is 6.51. The Morgan fingerprint density at radius 3 is 2.69 bits per heavy atom. The first-order chi connectivity index (χ1) is 12.4. The normalized spacial score (nSPS) is 10.8. The number of aromatic nitrogens is 4. The molecule has 0 spiro atoms. The van der Waals surface area contributed by atoms with Gasteiger partial charge in [-0.2, -0.15) is 9.36 Å². The zero-order valence-electron chi connectivity index (χ0n) is 14.9. The molecule has 0 atom stereocenters. The maximum Gasteiger partial charge on any atom is 0.368 e. The summed E-state index contributed by atoms with van der Waals surface area (Å²) >= 11 is 6.23. The van der Waals surface area contributed by atoms with E-state index in [2.05, 4.69) is 17.0 Å². The van der Waals surface area contributed by atoms with Gasteiger partial charge < -0.3 is 4.74 Å². The molecule has 7 heteroatoms. The second kappa shape index (κ2) is 7.17. The van der Waals surface area contributed by atoms with Gasteiger partial charge >= 0.3 is 5.69 Å². The van der Waals surface area contributed by atoms with Crippen molar-refractivity contribution in [3.05, 3.63) is 75.2 Å². The minimum atomic E-state index is -0.335. The molecule has 0 amide bonds. The highest BCUT2D eigenvalue weighted by molar-refractivity contribution is 6.32. The Kier molecular flexibility index (Phi) is 4.95. The fourth-order valence-electron chi connectivity index (χ4n) is 2.66. The van der Waals surface area contributed by atoms with Crippen molar-refractivity contribution < 1.29 is 4.74 Å². The van der Waals surface area contributed by atoms with Crippen LogP contribution in [0.4, 0.5) is 0 Å². The molecule has 3 rings (SSSR count). The highest BCUT2D eigenvalue weighted by Gasteiger charge is 2.16. The topological polar surface area (TPSA) is 61.9 Å². The molecule has 2 aromatic carbocycles. The molecule has 3 aromatic rings. The van der Waals surface area contributed by atoms with E-state index in [4.69, 9.17) is 16.3 Å². The van der Waals surface area contributed by atoms with Crippen molar-refractivity contribution in [1.29, 1.82) is 0 Å². The van der Waals surface area contributed by atoms with E-state index in [0.29, 0.717) is 16.5 Å². The third kappa shape index (κ3) is 3.41. The van der Waals surface area contributed by atoms with Crippen LogP contribution in [0.25, 0.3) is 11.3 Å². The SMILES string of the molecule is C=C(C)c1cccc(-n2nnn(C)c2=O)c1COc1cc(C)ccc1Cl. The molecular weight excluding hydrogens is 352 g/mol. The average molecular weight is 371 g/mol. The third-order valence-corrected chi connectivity index (χ3v) is 4.33. The number of hydrogen-bond acceptors (Lipinski definition) is 4. The summed E-state index contributed by atoms with van der Waals surface area (Å²) in [4.78, 5) is 12.3. The number of halogens is 1. The standard InChI is InChI=1S/C19H19ClN4O2/c1-12(2)14-6-5-7-17(24-19(25)23(4)21-22-24)15(14)11-26-18-10-13(3)8-9-16(18)20/h5-10H,1,11H2,2-4H3. The number of aryl methyl sites for hydroxylation is 2. The summed E-state index contributed by atoms with van der Waals surface area (Å²) < 4.78 is 8.39. The summed E-state index contributed by atoms with van der Waals surface area (Å²) in [6.45, 7) is 8.11. The van der Waals surface area contributed by atoms with Gasteiger partial charge in [0.2, 0.25) is 0 Å². The molecule has 6 nitrogen and oxygen atoms in total. The van der Waals surface area contributed by atoms with Crippen LogP contribution in [-0.2, 0) is 13.7 Å². The van der Waals surface area contributed by atoms with Gasteiger partial charge in [0.25, 0.3) is 0 Å². The summed E-state index contributed by atoms with van der Waals surface area (Å²) in [6.07, 6.45) is 0. The highest BCUT2D eigenvalue weighted by atomic mass is 35.5. The van der Waals surface area contributed by atoms with Crippen LogP contribution in [0, 0.1) is 6.92 Å². The Morgan fingerprint density at radius 1 is 1.27 bits per heavy atom. The van der Waals surface area contributed by atoms with E-state index >= 15 is 0 Å². The van der Waals surface area contributed by atoms with Crippen LogP contribution in [0.1, 0.15) is 23.6 Å². The zero-order chi connectivity index (χ0) is 18.8. The van der Waals surface area contributed by atoms with Gasteiger partial charge in [-0.25, -0.2) is 4.79 Å². The van der Waals surface area contributed by atoms with Gasteiger partial charge in [-0.3, -0.25) is 0 Å². The summed E-state index contributed by atoms with van der Waals surface area (Å²) in [5.41, 5.74) is 3.86. The quantitative estimate of drug-likeness (QED) is 0.689. The van der Waals surface area contributed by atoms with Crippen LogP contribution in [0.15, 0.2) is 47.8 Å². The maximum absolute atomic E-state index is 12.3. The molecule has 0 aliphatic rings. The lowest BCUT2D eigenvalue weighted by Gasteiger charge is -2.16. The van der Waals surface area contributed by atoms with Crippen LogP contribution < -0.4 is 10.4 Å². The van der Waals surface area contributed by atoms with Gasteiger partial charge in [-0.15, -0.1) is 0 Å². The first-order valence-corrected chi connectivity index (χ1v) is 8.42. The van der Waals surface area contributed by atoms with Gasteiger partial charge in [-0.1, -0.05) is 42.0 Å². The van der Waals surface area contributed by atoms with E-state index in [9.17, 15) is 4.79 Å². The summed E-state index contributed by atoms with van der Waals surface area (Å²) in [7, 11) is 1.55. The second-order valence-electron chi connectivity index (χ2n) is 6.10. The van der Waals surface area contributed by atoms with Crippen LogP contribution in [0.3, 0.4) is 0 Å². The van der Waals surface area contributed by atoms with Gasteiger partial charge in [0, 0.05) is 12.6 Å². The van der Waals surface area contributed by atoms with Crippen LogP contribution >= 0.6 is 11.6 Å². The summed E-state index contributed by atoms with van der Waals surface area (Å²) in [5.74, 6) is 0.584. The molecule has 0 fully saturated rings. The number of nitrogens with zero attached hydrogens (tertiary/aromatic N) is 4. The van der Waals surface area contributed by atoms with Crippen LogP contribution in [-0.4, -0.2) is 19.8 Å². The monoisotopic (exact) mass is 370 g/mol. The Balaban J connectivity index is 2.07. The van der Waals surface area contributed by atoms with E-state index < -0.39 is 0 Å². The molecule has 0 unspecified atom stereocenters. The number of hydrogen-bond donors (Lipinski definition) is 0. The minimum Gasteiger partial charge on any atom is -0.487 e. The van der Waals surface area contributed by atoms with Crippen molar-refractivity contribution in [1.82, 2.24) is 19.8 Å². The summed E-state index contributed by atoms with van der Waals surface area (Å²) in [5, 5.41) is 8.25. The van der Waals surface area contributed by atoms with E-state index in [-0.39, 0.29) is 12.3 Å². The molecule has 1 aromatic heterocycles. The van der Waals surface area contributed by atoms with Crippen LogP contribution in [0.2, 0.25) is 5.02 Å². The average Bonchev–Trinajstić information content (AvgIpc) is 2.94. The molecule has 134 valence electrons. The van der Waals surface area contributed by atoms with Crippen LogP contribution in [0.5, 0.6) is 5.75 Å². The number of rotatable bonds is 5. The number of allylic oxidation sites excluding steroid dienone is 1. The first kappa shape index (κ1) is 17.9. The Hall–Kier alpha value is -2.86. The van der Waals surface area contributed by atoms with Gasteiger partial charge in [-0.05, 0) is 53.6 Å². The lowest BCUT2D eigenvalue weighted by atomic mass is 10.0. The van der Waals surface area contributed by atoms with Gasteiger partial charge in [0.1, 0.15) is 12.4 Å². The number of tetrazole rings is 1. The van der Waals surface area contributed by atoms with Crippen molar-refractivity contribution in [2.75, 3.05) is 0 Å². The molecule has 0 bridgehead atoms. The molecule has 1 heterocycles. The molecule has 0 aliphatic heterocycles. The fourth-order valence-corrected chi connectivity index (χ4v) is 2.83. The van der Waals surface area contributed by atoms with E-state index in [1.807, 2.05) is 38.1 Å².